The van der Waals surface area contributed by atoms with Crippen LogP contribution in [-0.4, -0.2) is 35.5 Å². The Balaban J connectivity index is 1.63. The summed E-state index contributed by atoms with van der Waals surface area (Å²) in [6, 6.07) is 2.64. The minimum absolute atomic E-state index is 0.0298. The summed E-state index contributed by atoms with van der Waals surface area (Å²) in [4.78, 5) is 35.6. The zero-order chi connectivity index (χ0) is 30.4. The van der Waals surface area contributed by atoms with E-state index in [1.807, 2.05) is 6.20 Å². The molecule has 7 rings (SSSR count). The van der Waals surface area contributed by atoms with Gasteiger partial charge in [-0.05, 0) is 43.4 Å². The lowest BCUT2D eigenvalue weighted by Gasteiger charge is -2.19. The highest BCUT2D eigenvalue weighted by atomic mass is 35.5. The molecule has 222 valence electrons. The number of pyridine rings is 1. The van der Waals surface area contributed by atoms with Crippen molar-refractivity contribution in [1.82, 2.24) is 28.9 Å². The number of halogens is 5. The van der Waals surface area contributed by atoms with Crippen LogP contribution in [-0.2, 0) is 20.0 Å². The number of fused-ring (bicyclic) bond motifs is 8. The van der Waals surface area contributed by atoms with E-state index >= 15 is 0 Å². The van der Waals surface area contributed by atoms with Crippen LogP contribution in [0.1, 0.15) is 30.4 Å². The van der Waals surface area contributed by atoms with Crippen LogP contribution in [0.15, 0.2) is 46.4 Å². The maximum atomic E-state index is 14.8. The van der Waals surface area contributed by atoms with Crippen molar-refractivity contribution in [2.75, 3.05) is 11.9 Å². The summed E-state index contributed by atoms with van der Waals surface area (Å²) in [5.74, 6) is -4.10. The average Bonchev–Trinajstić information content (AvgIpc) is 3.32. The van der Waals surface area contributed by atoms with E-state index in [-0.39, 0.29) is 39.6 Å². The molecule has 5 aromatic rings. The zero-order valence-corrected chi connectivity index (χ0v) is 24.0. The van der Waals surface area contributed by atoms with Crippen LogP contribution in [0.25, 0.3) is 16.6 Å². The van der Waals surface area contributed by atoms with Crippen molar-refractivity contribution < 1.29 is 17.9 Å². The number of hydrogen-bond donors (Lipinski definition) is 1. The third-order valence-corrected chi connectivity index (χ3v) is 7.67. The first-order valence-corrected chi connectivity index (χ1v) is 13.9. The van der Waals surface area contributed by atoms with Crippen LogP contribution in [0.3, 0.4) is 0 Å². The highest BCUT2D eigenvalue weighted by Gasteiger charge is 2.24. The second kappa shape index (κ2) is 11.4. The SMILES string of the molecule is Cn1cc2c3c(c(Cl)cc2n1)Nc1nc(=O)n(c(=O)n1Cc1cc(F)c(F)cc1F)-c1cncc(Cl)c1OCCCCC3. The molecule has 0 saturated carbocycles. The Morgan fingerprint density at radius 2 is 1.79 bits per heavy atom. The summed E-state index contributed by atoms with van der Waals surface area (Å²) >= 11 is 13.1. The Kier molecular flexibility index (Phi) is 7.61. The molecule has 2 aliphatic heterocycles. The van der Waals surface area contributed by atoms with E-state index in [1.54, 1.807) is 17.8 Å². The highest BCUT2D eigenvalue weighted by Crippen LogP contribution is 2.36. The van der Waals surface area contributed by atoms with Crippen LogP contribution in [0.5, 0.6) is 5.75 Å². The number of aromatic nitrogens is 6. The molecule has 43 heavy (non-hydrogen) atoms. The van der Waals surface area contributed by atoms with Crippen molar-refractivity contribution in [1.29, 1.82) is 0 Å². The molecule has 0 spiro atoms. The van der Waals surface area contributed by atoms with E-state index in [0.717, 1.165) is 28.4 Å². The van der Waals surface area contributed by atoms with E-state index in [1.165, 1.54) is 12.4 Å². The van der Waals surface area contributed by atoms with Crippen LogP contribution >= 0.6 is 23.2 Å². The smallest absolute Gasteiger partial charge is 0.359 e. The van der Waals surface area contributed by atoms with E-state index in [2.05, 4.69) is 20.4 Å². The van der Waals surface area contributed by atoms with E-state index in [0.29, 0.717) is 40.7 Å². The predicted molar refractivity (Wildman–Crippen MR) is 154 cm³/mol. The fraction of sp³-hybridized carbons (Fsp3) is 0.250. The molecule has 0 fully saturated rings. The summed E-state index contributed by atoms with van der Waals surface area (Å²) in [6.07, 6.45) is 6.98. The van der Waals surface area contributed by atoms with Gasteiger partial charge in [0.15, 0.2) is 17.4 Å². The third-order valence-electron chi connectivity index (χ3n) is 7.10. The maximum Gasteiger partial charge on any atom is 0.359 e. The molecule has 0 atom stereocenters. The van der Waals surface area contributed by atoms with Gasteiger partial charge in [0.05, 0.1) is 35.6 Å². The molecule has 2 aliphatic rings. The minimum atomic E-state index is -1.39. The van der Waals surface area contributed by atoms with Gasteiger partial charge in [-0.2, -0.15) is 10.1 Å². The Hall–Kier alpha value is -4.36. The average molecular weight is 632 g/mol. The molecular formula is C28H22Cl2F3N7O3. The first-order chi connectivity index (χ1) is 20.6. The number of anilines is 2. The summed E-state index contributed by atoms with van der Waals surface area (Å²) in [5, 5.41) is 8.53. The summed E-state index contributed by atoms with van der Waals surface area (Å²) in [6.45, 7) is -0.419. The normalized spacial score (nSPS) is 13.5. The molecule has 0 unspecified atom stereocenters. The minimum Gasteiger partial charge on any atom is -0.490 e. The lowest BCUT2D eigenvalue weighted by molar-refractivity contribution is 0.303. The number of nitrogens with zero attached hydrogens (tertiary/aromatic N) is 6. The van der Waals surface area contributed by atoms with Gasteiger partial charge in [0.2, 0.25) is 5.95 Å². The number of rotatable bonds is 2. The van der Waals surface area contributed by atoms with Crippen LogP contribution in [0, 0.1) is 17.5 Å². The largest absolute Gasteiger partial charge is 0.490 e. The van der Waals surface area contributed by atoms with Crippen molar-refractivity contribution in [2.24, 2.45) is 7.05 Å². The van der Waals surface area contributed by atoms with Crippen molar-refractivity contribution in [3.63, 3.8) is 0 Å². The fourth-order valence-electron chi connectivity index (χ4n) is 5.09. The number of hydrogen-bond acceptors (Lipinski definition) is 7. The second-order valence-electron chi connectivity index (χ2n) is 9.98. The van der Waals surface area contributed by atoms with Crippen molar-refractivity contribution in [2.45, 2.75) is 32.2 Å². The van der Waals surface area contributed by atoms with Crippen LogP contribution in [0.2, 0.25) is 10.0 Å². The van der Waals surface area contributed by atoms with Crippen molar-refractivity contribution >= 4 is 45.7 Å². The summed E-state index contributed by atoms with van der Waals surface area (Å²) in [5.41, 5.74) is -0.742. The van der Waals surface area contributed by atoms with E-state index in [9.17, 15) is 22.8 Å². The van der Waals surface area contributed by atoms with Gasteiger partial charge in [0, 0.05) is 36.5 Å². The molecular weight excluding hydrogens is 610 g/mol. The Morgan fingerprint density at radius 1 is 1.00 bits per heavy atom. The van der Waals surface area contributed by atoms with Crippen LogP contribution < -0.4 is 21.4 Å². The molecule has 0 aliphatic carbocycles. The number of nitrogens with one attached hydrogen (secondary N) is 1. The molecule has 0 radical (unpaired) electrons. The van der Waals surface area contributed by atoms with Crippen molar-refractivity contribution in [3.8, 4) is 11.4 Å². The summed E-state index contributed by atoms with van der Waals surface area (Å²) in [7, 11) is 1.77. The standard InChI is InChI=1S/C28H22Cl2F3N7O3/c1-38-13-16-15-5-3-2-4-6-43-25-18(30)10-34-11-23(25)40-27(41)36-26(35-24(15)17(29)8-22(16)37-38)39(28(40)42)12-14-7-20(32)21(33)9-19(14)31/h7-11,13H,2-6,12H2,1H3,(H,35,36,41). The Morgan fingerprint density at radius 3 is 2.60 bits per heavy atom. The summed E-state index contributed by atoms with van der Waals surface area (Å²) < 4.78 is 51.9. The molecule has 3 aromatic heterocycles. The number of aryl methyl sites for hydroxylation is 2. The van der Waals surface area contributed by atoms with E-state index in [4.69, 9.17) is 27.9 Å². The first-order valence-electron chi connectivity index (χ1n) is 13.2. The maximum absolute atomic E-state index is 14.8. The molecule has 15 heteroatoms. The van der Waals surface area contributed by atoms with Gasteiger partial charge in [0.1, 0.15) is 16.5 Å². The van der Waals surface area contributed by atoms with Gasteiger partial charge >= 0.3 is 11.4 Å². The van der Waals surface area contributed by atoms with Gasteiger partial charge in [-0.15, -0.1) is 0 Å². The molecule has 2 bridgehead atoms. The van der Waals surface area contributed by atoms with Gasteiger partial charge in [-0.25, -0.2) is 27.3 Å². The Bertz CT molecular complexity index is 2030. The second-order valence-corrected chi connectivity index (χ2v) is 10.8. The van der Waals surface area contributed by atoms with Gasteiger partial charge in [-0.1, -0.05) is 23.2 Å². The number of benzene rings is 2. The predicted octanol–water partition coefficient (Wildman–Crippen LogP) is 5.30. The first kappa shape index (κ1) is 28.7. The molecule has 2 aromatic carbocycles. The van der Waals surface area contributed by atoms with Crippen molar-refractivity contribution in [3.05, 3.63) is 96.4 Å². The highest BCUT2D eigenvalue weighted by molar-refractivity contribution is 6.34. The molecule has 5 heterocycles. The third kappa shape index (κ3) is 5.34. The van der Waals surface area contributed by atoms with Gasteiger partial charge < -0.3 is 10.1 Å². The monoisotopic (exact) mass is 631 g/mol. The topological polar surface area (TPSA) is 109 Å². The zero-order valence-electron chi connectivity index (χ0n) is 22.5. The van der Waals surface area contributed by atoms with Crippen LogP contribution in [0.4, 0.5) is 24.8 Å². The number of ether oxygens (including phenoxy) is 1. The quantitative estimate of drug-likeness (QED) is 0.263. The van der Waals surface area contributed by atoms with Gasteiger partial charge in [-0.3, -0.25) is 14.2 Å². The lowest BCUT2D eigenvalue weighted by atomic mass is 10.0. The lowest BCUT2D eigenvalue weighted by Crippen LogP contribution is -2.42. The molecule has 10 nitrogen and oxygen atoms in total. The van der Waals surface area contributed by atoms with E-state index < -0.39 is 35.4 Å². The Labute approximate surface area is 251 Å². The fourth-order valence-corrected chi connectivity index (χ4v) is 5.56. The molecule has 0 saturated heterocycles. The molecule has 0 amide bonds. The molecule has 1 N–H and O–H groups in total. The van der Waals surface area contributed by atoms with Gasteiger partial charge in [0.25, 0.3) is 0 Å².